The zero-order valence-corrected chi connectivity index (χ0v) is 20.3. The van der Waals surface area contributed by atoms with Crippen molar-refractivity contribution in [2.24, 2.45) is 5.10 Å². The third-order valence-electron chi connectivity index (χ3n) is 4.62. The summed E-state index contributed by atoms with van der Waals surface area (Å²) in [6.07, 6.45) is 1.57. The number of benzene rings is 3. The monoisotopic (exact) mass is 527 g/mol. The van der Waals surface area contributed by atoms with Gasteiger partial charge in [-0.25, -0.2) is 5.43 Å². The summed E-state index contributed by atoms with van der Waals surface area (Å²) in [7, 11) is 0. The summed E-state index contributed by atoms with van der Waals surface area (Å²) in [5.41, 5.74) is 5.79. The van der Waals surface area contributed by atoms with E-state index < -0.39 is 0 Å². The lowest BCUT2D eigenvalue weighted by Crippen LogP contribution is -2.20. The normalized spacial score (nSPS) is 10.8. The molecule has 0 aliphatic carbocycles. The molecule has 0 fully saturated rings. The van der Waals surface area contributed by atoms with Gasteiger partial charge < -0.3 is 10.1 Å². The molecule has 0 saturated heterocycles. The van der Waals surface area contributed by atoms with E-state index in [0.29, 0.717) is 28.6 Å². The summed E-state index contributed by atoms with van der Waals surface area (Å²) in [6, 6.07) is 20.4. The molecule has 3 rings (SSSR count). The number of ether oxygens (including phenoxy) is 1. The van der Waals surface area contributed by atoms with Crippen molar-refractivity contribution in [3.63, 3.8) is 0 Å². The van der Waals surface area contributed by atoms with Gasteiger partial charge in [-0.2, -0.15) is 5.10 Å². The number of carbonyl (C=O) groups is 2. The van der Waals surface area contributed by atoms with E-state index in [1.165, 1.54) is 6.21 Å². The van der Waals surface area contributed by atoms with E-state index in [2.05, 4.69) is 31.8 Å². The molecule has 0 bridgehead atoms. The number of halogens is 2. The van der Waals surface area contributed by atoms with Crippen molar-refractivity contribution >= 4 is 51.2 Å². The highest BCUT2D eigenvalue weighted by atomic mass is 79.9. The van der Waals surface area contributed by atoms with Gasteiger partial charge in [0, 0.05) is 39.2 Å². The molecule has 2 amide bonds. The number of rotatable bonds is 9. The third kappa shape index (κ3) is 8.04. The van der Waals surface area contributed by atoms with Crippen LogP contribution < -0.4 is 15.5 Å². The highest BCUT2D eigenvalue weighted by Crippen LogP contribution is 2.24. The van der Waals surface area contributed by atoms with Crippen molar-refractivity contribution in [2.75, 3.05) is 5.32 Å². The van der Waals surface area contributed by atoms with Crippen molar-refractivity contribution in [3.8, 4) is 5.75 Å². The summed E-state index contributed by atoms with van der Waals surface area (Å²) >= 11 is 9.61. The van der Waals surface area contributed by atoms with Gasteiger partial charge in [0.2, 0.25) is 11.8 Å². The number of hydrogen-bond donors (Lipinski definition) is 2. The van der Waals surface area contributed by atoms with Gasteiger partial charge in [0.25, 0.3) is 0 Å². The standard InChI is InChI=1S/C25H23BrClN3O3/c1-17-6-9-21(10-7-17)29-24(31)12-13-25(32)30-28-15-19-14-20(26)8-11-23(19)33-16-18-4-2-3-5-22(18)27/h2-11,14-15H,12-13,16H2,1H3,(H,29,31)(H,30,32). The van der Waals surface area contributed by atoms with Gasteiger partial charge in [-0.3, -0.25) is 9.59 Å². The molecule has 0 unspecified atom stereocenters. The van der Waals surface area contributed by atoms with Gasteiger partial charge in [-0.15, -0.1) is 0 Å². The molecule has 3 aromatic carbocycles. The number of hydrazone groups is 1. The lowest BCUT2D eigenvalue weighted by molar-refractivity contribution is -0.124. The first-order chi connectivity index (χ1) is 15.9. The SMILES string of the molecule is Cc1ccc(NC(=O)CCC(=O)NN=Cc2cc(Br)ccc2OCc2ccccc2Cl)cc1. The number of anilines is 1. The predicted molar refractivity (Wildman–Crippen MR) is 135 cm³/mol. The largest absolute Gasteiger partial charge is 0.488 e. The molecule has 0 radical (unpaired) electrons. The number of aryl methyl sites for hydroxylation is 1. The highest BCUT2D eigenvalue weighted by Gasteiger charge is 2.08. The Hall–Kier alpha value is -3.16. The average Bonchev–Trinajstić information content (AvgIpc) is 2.80. The second-order valence-electron chi connectivity index (χ2n) is 7.27. The van der Waals surface area contributed by atoms with Crippen molar-refractivity contribution in [3.05, 3.63) is 92.9 Å². The number of hydrogen-bond acceptors (Lipinski definition) is 4. The highest BCUT2D eigenvalue weighted by molar-refractivity contribution is 9.10. The second kappa shape index (κ2) is 12.2. The van der Waals surface area contributed by atoms with Gasteiger partial charge in [0.05, 0.1) is 6.21 Å². The van der Waals surface area contributed by atoms with E-state index in [1.807, 2.05) is 61.5 Å². The Morgan fingerprint density at radius 3 is 2.52 bits per heavy atom. The van der Waals surface area contributed by atoms with Gasteiger partial charge >= 0.3 is 0 Å². The van der Waals surface area contributed by atoms with E-state index in [-0.39, 0.29) is 24.7 Å². The fourth-order valence-electron chi connectivity index (χ4n) is 2.84. The van der Waals surface area contributed by atoms with Crippen molar-refractivity contribution in [2.45, 2.75) is 26.4 Å². The maximum atomic E-state index is 12.1. The van der Waals surface area contributed by atoms with E-state index in [0.717, 1.165) is 15.6 Å². The molecule has 8 heteroatoms. The fourth-order valence-corrected chi connectivity index (χ4v) is 3.41. The molecular formula is C25H23BrClN3O3. The zero-order valence-electron chi connectivity index (χ0n) is 18.0. The maximum absolute atomic E-state index is 12.1. The molecule has 6 nitrogen and oxygen atoms in total. The molecule has 0 aliphatic heterocycles. The van der Waals surface area contributed by atoms with Crippen LogP contribution in [0.3, 0.4) is 0 Å². The summed E-state index contributed by atoms with van der Waals surface area (Å²) in [6.45, 7) is 2.27. The summed E-state index contributed by atoms with van der Waals surface area (Å²) in [4.78, 5) is 24.1. The van der Waals surface area contributed by atoms with Gasteiger partial charge in [-0.1, -0.05) is 63.4 Å². The zero-order chi connectivity index (χ0) is 23.6. The van der Waals surface area contributed by atoms with E-state index >= 15 is 0 Å². The number of nitrogens with zero attached hydrogens (tertiary/aromatic N) is 1. The molecule has 0 spiro atoms. The van der Waals surface area contributed by atoms with E-state index in [1.54, 1.807) is 12.1 Å². The molecule has 0 heterocycles. The topological polar surface area (TPSA) is 79.8 Å². The van der Waals surface area contributed by atoms with Crippen LogP contribution in [0.2, 0.25) is 5.02 Å². The smallest absolute Gasteiger partial charge is 0.240 e. The van der Waals surface area contributed by atoms with Crippen LogP contribution in [0.4, 0.5) is 5.69 Å². The minimum absolute atomic E-state index is 0.0172. The molecule has 170 valence electrons. The maximum Gasteiger partial charge on any atom is 0.240 e. The minimum Gasteiger partial charge on any atom is -0.488 e. The van der Waals surface area contributed by atoms with Crippen LogP contribution in [0.15, 0.2) is 76.3 Å². The lowest BCUT2D eigenvalue weighted by Gasteiger charge is -2.10. The Balaban J connectivity index is 1.51. The van der Waals surface area contributed by atoms with Crippen LogP contribution in [0, 0.1) is 6.92 Å². The van der Waals surface area contributed by atoms with Gasteiger partial charge in [0.1, 0.15) is 12.4 Å². The van der Waals surface area contributed by atoms with Crippen molar-refractivity contribution < 1.29 is 14.3 Å². The summed E-state index contributed by atoms with van der Waals surface area (Å²) in [5.74, 6) is -0.00679. The molecule has 0 saturated carbocycles. The molecule has 0 atom stereocenters. The number of nitrogens with one attached hydrogen (secondary N) is 2. The molecule has 3 aromatic rings. The second-order valence-corrected chi connectivity index (χ2v) is 8.59. The minimum atomic E-state index is -0.362. The van der Waals surface area contributed by atoms with Crippen LogP contribution in [0.25, 0.3) is 0 Å². The van der Waals surface area contributed by atoms with Gasteiger partial charge in [0.15, 0.2) is 0 Å². The first-order valence-corrected chi connectivity index (χ1v) is 11.4. The molecule has 0 aromatic heterocycles. The Labute approximate surface area is 206 Å². The average molecular weight is 529 g/mol. The van der Waals surface area contributed by atoms with Crippen LogP contribution in [-0.4, -0.2) is 18.0 Å². The van der Waals surface area contributed by atoms with Crippen LogP contribution in [-0.2, 0) is 16.2 Å². The Kier molecular flexibility index (Phi) is 9.04. The summed E-state index contributed by atoms with van der Waals surface area (Å²) in [5, 5.41) is 7.40. The van der Waals surface area contributed by atoms with E-state index in [9.17, 15) is 9.59 Å². The van der Waals surface area contributed by atoms with Crippen molar-refractivity contribution in [1.82, 2.24) is 5.43 Å². The quantitative estimate of drug-likeness (QED) is 0.270. The van der Waals surface area contributed by atoms with Crippen LogP contribution in [0.5, 0.6) is 5.75 Å². The number of carbonyl (C=O) groups excluding carboxylic acids is 2. The Bertz CT molecular complexity index is 1150. The van der Waals surface area contributed by atoms with E-state index in [4.69, 9.17) is 16.3 Å². The first kappa shape index (κ1) is 24.5. The lowest BCUT2D eigenvalue weighted by atomic mass is 10.2. The Morgan fingerprint density at radius 1 is 1.03 bits per heavy atom. The molecule has 2 N–H and O–H groups in total. The summed E-state index contributed by atoms with van der Waals surface area (Å²) < 4.78 is 6.74. The number of amides is 2. The van der Waals surface area contributed by atoms with Crippen LogP contribution >= 0.6 is 27.5 Å². The molecule has 0 aliphatic rings. The van der Waals surface area contributed by atoms with Gasteiger partial charge in [-0.05, 0) is 43.3 Å². The Morgan fingerprint density at radius 2 is 1.76 bits per heavy atom. The van der Waals surface area contributed by atoms with Crippen LogP contribution in [0.1, 0.15) is 29.5 Å². The third-order valence-corrected chi connectivity index (χ3v) is 5.48. The molecule has 33 heavy (non-hydrogen) atoms. The van der Waals surface area contributed by atoms with Crippen molar-refractivity contribution in [1.29, 1.82) is 0 Å². The fraction of sp³-hybridized carbons (Fsp3) is 0.160. The first-order valence-electron chi connectivity index (χ1n) is 10.2. The molecular weight excluding hydrogens is 506 g/mol. The predicted octanol–water partition coefficient (Wildman–Crippen LogP) is 5.86.